The fourth-order valence-electron chi connectivity index (χ4n) is 1.26. The van der Waals surface area contributed by atoms with Crippen LogP contribution in [0.15, 0.2) is 36.1 Å². The maximum absolute atomic E-state index is 12.6. The van der Waals surface area contributed by atoms with Crippen LogP contribution in [-0.2, 0) is 25.2 Å². The van der Waals surface area contributed by atoms with Crippen molar-refractivity contribution in [1.82, 2.24) is 0 Å². The number of alkyl halides is 3. The van der Waals surface area contributed by atoms with Crippen LogP contribution in [0.3, 0.4) is 0 Å². The lowest BCUT2D eigenvalue weighted by molar-refractivity contribution is -0.140. The number of carbonyl (C=O) groups is 2. The first-order chi connectivity index (χ1) is 9.77. The van der Waals surface area contributed by atoms with Gasteiger partial charge >= 0.3 is 18.1 Å². The van der Waals surface area contributed by atoms with E-state index in [2.05, 4.69) is 9.47 Å². The van der Waals surface area contributed by atoms with Gasteiger partial charge in [0.1, 0.15) is 5.75 Å². The van der Waals surface area contributed by atoms with Crippen LogP contribution in [0.1, 0.15) is 5.56 Å². The summed E-state index contributed by atoms with van der Waals surface area (Å²) >= 11 is 0. The van der Waals surface area contributed by atoms with Gasteiger partial charge in [0.05, 0.1) is 25.9 Å². The maximum atomic E-state index is 12.6. The molecule has 0 heterocycles. The van der Waals surface area contributed by atoms with Gasteiger partial charge in [-0.1, -0.05) is 6.07 Å². The zero-order valence-electron chi connectivity index (χ0n) is 11.1. The van der Waals surface area contributed by atoms with Crippen LogP contribution in [0, 0.1) is 0 Å². The first-order valence-electron chi connectivity index (χ1n) is 5.51. The van der Waals surface area contributed by atoms with Gasteiger partial charge in [0.15, 0.2) is 0 Å². The van der Waals surface area contributed by atoms with Crippen molar-refractivity contribution in [3.63, 3.8) is 0 Å². The fraction of sp³-hybridized carbons (Fsp3) is 0.231. The number of halogens is 3. The van der Waals surface area contributed by atoms with Gasteiger partial charge in [0, 0.05) is 0 Å². The van der Waals surface area contributed by atoms with E-state index >= 15 is 0 Å². The highest BCUT2D eigenvalue weighted by atomic mass is 19.4. The van der Waals surface area contributed by atoms with Gasteiger partial charge in [-0.05, 0) is 18.2 Å². The highest BCUT2D eigenvalue weighted by Crippen LogP contribution is 2.31. The topological polar surface area (TPSA) is 61.8 Å². The lowest BCUT2D eigenvalue weighted by atomic mass is 10.2. The van der Waals surface area contributed by atoms with Crippen LogP contribution < -0.4 is 4.74 Å². The van der Waals surface area contributed by atoms with Crippen molar-refractivity contribution in [2.24, 2.45) is 0 Å². The Kier molecular flexibility index (Phi) is 5.34. The van der Waals surface area contributed by atoms with Gasteiger partial charge < -0.3 is 14.2 Å². The first-order valence-corrected chi connectivity index (χ1v) is 5.51. The third kappa shape index (κ3) is 4.83. The van der Waals surface area contributed by atoms with Crippen LogP contribution in [0.2, 0.25) is 0 Å². The highest BCUT2D eigenvalue weighted by molar-refractivity contribution is 5.95. The van der Waals surface area contributed by atoms with Gasteiger partial charge in [-0.2, -0.15) is 13.2 Å². The minimum atomic E-state index is -4.56. The molecule has 1 aromatic rings. The zero-order chi connectivity index (χ0) is 16.0. The molecule has 0 aliphatic rings. The molecule has 0 aliphatic carbocycles. The molecule has 0 saturated carbocycles. The Morgan fingerprint density at radius 3 is 2.33 bits per heavy atom. The molecular weight excluding hydrogens is 293 g/mol. The average molecular weight is 304 g/mol. The van der Waals surface area contributed by atoms with Gasteiger partial charge in [-0.15, -0.1) is 0 Å². The summed E-state index contributed by atoms with van der Waals surface area (Å²) in [5.41, 5.74) is -0.956. The predicted octanol–water partition coefficient (Wildman–Crippen LogP) is 2.31. The van der Waals surface area contributed by atoms with E-state index in [4.69, 9.17) is 4.74 Å². The van der Waals surface area contributed by atoms with E-state index in [1.165, 1.54) is 6.07 Å². The average Bonchev–Trinajstić information content (AvgIpc) is 2.45. The number of hydrogen-bond donors (Lipinski definition) is 0. The quantitative estimate of drug-likeness (QED) is 0.485. The molecule has 0 aromatic heterocycles. The number of benzene rings is 1. The van der Waals surface area contributed by atoms with Crippen molar-refractivity contribution >= 4 is 11.9 Å². The van der Waals surface area contributed by atoms with Crippen molar-refractivity contribution < 1.29 is 37.0 Å². The Bertz CT molecular complexity index is 563. The Balaban J connectivity index is 3.07. The number of ether oxygens (including phenoxy) is 3. The molecule has 5 nitrogen and oxygen atoms in total. The molecule has 0 atom stereocenters. The fourth-order valence-corrected chi connectivity index (χ4v) is 1.26. The lowest BCUT2D eigenvalue weighted by Crippen LogP contribution is -2.14. The molecule has 114 valence electrons. The third-order valence-corrected chi connectivity index (χ3v) is 2.23. The Hall–Kier alpha value is -2.51. The second-order valence-corrected chi connectivity index (χ2v) is 3.65. The van der Waals surface area contributed by atoms with E-state index in [1.54, 1.807) is 0 Å². The molecule has 0 saturated heterocycles. The summed E-state index contributed by atoms with van der Waals surface area (Å²) in [6.45, 7) is 0. The molecule has 21 heavy (non-hydrogen) atoms. The molecular formula is C13H11F3O5. The maximum Gasteiger partial charge on any atom is 0.416 e. The van der Waals surface area contributed by atoms with Crippen LogP contribution in [0.4, 0.5) is 13.2 Å². The molecule has 0 fully saturated rings. The van der Waals surface area contributed by atoms with Gasteiger partial charge in [0.2, 0.25) is 5.76 Å². The van der Waals surface area contributed by atoms with E-state index in [-0.39, 0.29) is 5.75 Å². The third-order valence-electron chi connectivity index (χ3n) is 2.23. The molecule has 8 heteroatoms. The summed E-state index contributed by atoms with van der Waals surface area (Å²) in [4.78, 5) is 22.5. The second-order valence-electron chi connectivity index (χ2n) is 3.65. The summed E-state index contributed by atoms with van der Waals surface area (Å²) in [5.74, 6) is -2.81. The smallest absolute Gasteiger partial charge is 0.416 e. The minimum Gasteiger partial charge on any atom is -0.466 e. The van der Waals surface area contributed by atoms with Crippen molar-refractivity contribution in [3.8, 4) is 5.75 Å². The van der Waals surface area contributed by atoms with Crippen molar-refractivity contribution in [2.75, 3.05) is 14.2 Å². The number of rotatable bonds is 4. The normalized spacial score (nSPS) is 11.8. The molecule has 0 unspecified atom stereocenters. The summed E-state index contributed by atoms with van der Waals surface area (Å²) in [7, 11) is 2.10. The first kappa shape index (κ1) is 16.5. The standard InChI is InChI=1S/C13H11F3O5/c1-19-11(17)7-10(12(18)20-2)21-9-5-3-4-8(6-9)13(14,15)16/h3-7H,1-2H3/b10-7+. The number of hydrogen-bond acceptors (Lipinski definition) is 5. The van der Waals surface area contributed by atoms with E-state index in [1.807, 2.05) is 0 Å². The highest BCUT2D eigenvalue weighted by Gasteiger charge is 2.30. The van der Waals surface area contributed by atoms with Crippen molar-refractivity contribution in [2.45, 2.75) is 6.18 Å². The van der Waals surface area contributed by atoms with E-state index in [0.717, 1.165) is 26.4 Å². The van der Waals surface area contributed by atoms with Gasteiger partial charge in [-0.25, -0.2) is 9.59 Å². The summed E-state index contributed by atoms with van der Waals surface area (Å²) in [5, 5.41) is 0. The number of esters is 2. The largest absolute Gasteiger partial charge is 0.466 e. The molecule has 0 N–H and O–H groups in total. The SMILES string of the molecule is COC(=O)/C=C(/Oc1cccc(C(F)(F)F)c1)C(=O)OC. The van der Waals surface area contributed by atoms with Gasteiger partial charge in [-0.3, -0.25) is 0 Å². The van der Waals surface area contributed by atoms with Crippen LogP contribution in [-0.4, -0.2) is 26.2 Å². The molecule has 0 spiro atoms. The lowest BCUT2D eigenvalue weighted by Gasteiger charge is -2.11. The Labute approximate surface area is 117 Å². The van der Waals surface area contributed by atoms with E-state index in [9.17, 15) is 22.8 Å². The zero-order valence-corrected chi connectivity index (χ0v) is 11.1. The van der Waals surface area contributed by atoms with Crippen molar-refractivity contribution in [1.29, 1.82) is 0 Å². The Morgan fingerprint density at radius 1 is 1.14 bits per heavy atom. The molecule has 0 aliphatic heterocycles. The number of carbonyl (C=O) groups excluding carboxylic acids is 2. The van der Waals surface area contributed by atoms with Crippen LogP contribution in [0.5, 0.6) is 5.75 Å². The Morgan fingerprint density at radius 2 is 1.81 bits per heavy atom. The second kappa shape index (κ2) is 6.78. The van der Waals surface area contributed by atoms with Gasteiger partial charge in [0.25, 0.3) is 0 Å². The predicted molar refractivity (Wildman–Crippen MR) is 64.2 cm³/mol. The number of methoxy groups -OCH3 is 2. The minimum absolute atomic E-state index is 0.273. The summed E-state index contributed by atoms with van der Waals surface area (Å²) in [6, 6.07) is 3.83. The van der Waals surface area contributed by atoms with E-state index in [0.29, 0.717) is 12.1 Å². The van der Waals surface area contributed by atoms with Crippen LogP contribution >= 0.6 is 0 Å². The van der Waals surface area contributed by atoms with Crippen molar-refractivity contribution in [3.05, 3.63) is 41.7 Å². The summed E-state index contributed by atoms with van der Waals surface area (Å²) < 4.78 is 51.3. The monoisotopic (exact) mass is 304 g/mol. The molecule has 1 rings (SSSR count). The molecule has 1 aromatic carbocycles. The molecule has 0 radical (unpaired) electrons. The van der Waals surface area contributed by atoms with E-state index < -0.39 is 29.4 Å². The molecule has 0 bridgehead atoms. The van der Waals surface area contributed by atoms with Crippen LogP contribution in [0.25, 0.3) is 0 Å². The molecule has 0 amide bonds. The summed E-state index contributed by atoms with van der Waals surface area (Å²) in [6.07, 6.45) is -3.89.